The molecule has 3 rings (SSSR count). The normalized spacial score (nSPS) is 29.9. The van der Waals surface area contributed by atoms with E-state index in [9.17, 15) is 4.79 Å². The van der Waals surface area contributed by atoms with Gasteiger partial charge in [0.1, 0.15) is 0 Å². The fraction of sp³-hybridized carbons (Fsp3) is 0.588. The highest BCUT2D eigenvalue weighted by Crippen LogP contribution is 2.33. The fourth-order valence-electron chi connectivity index (χ4n) is 3.76. The van der Waals surface area contributed by atoms with E-state index in [1.54, 1.807) is 0 Å². The van der Waals surface area contributed by atoms with Gasteiger partial charge in [-0.1, -0.05) is 30.7 Å². The third kappa shape index (κ3) is 2.47. The topological polar surface area (TPSA) is 46.3 Å². The number of benzene rings is 1. The van der Waals surface area contributed by atoms with Gasteiger partial charge in [0.2, 0.25) is 5.91 Å². The van der Waals surface area contributed by atoms with Crippen LogP contribution in [-0.2, 0) is 11.2 Å². The molecule has 1 fully saturated rings. The molecule has 2 N–H and O–H groups in total. The van der Waals surface area contributed by atoms with Crippen molar-refractivity contribution in [1.82, 2.24) is 4.90 Å². The van der Waals surface area contributed by atoms with E-state index in [0.717, 1.165) is 38.6 Å². The Hall–Kier alpha value is -1.35. The Morgan fingerprint density at radius 2 is 2.10 bits per heavy atom. The number of nitrogens with two attached hydrogens (primary N) is 1. The number of hydrogen-bond acceptors (Lipinski definition) is 2. The lowest BCUT2D eigenvalue weighted by Crippen LogP contribution is -2.44. The summed E-state index contributed by atoms with van der Waals surface area (Å²) in [5.74, 6) is 0.466. The Kier molecular flexibility index (Phi) is 3.79. The summed E-state index contributed by atoms with van der Waals surface area (Å²) >= 11 is 0. The molecule has 3 nitrogen and oxygen atoms in total. The molecule has 0 unspecified atom stereocenters. The zero-order chi connectivity index (χ0) is 14.1. The first-order valence-electron chi connectivity index (χ1n) is 7.80. The van der Waals surface area contributed by atoms with Crippen molar-refractivity contribution in [3.63, 3.8) is 0 Å². The second kappa shape index (κ2) is 5.57. The Labute approximate surface area is 121 Å². The number of amides is 1. The van der Waals surface area contributed by atoms with Gasteiger partial charge in [0.05, 0.1) is 6.04 Å². The molecule has 20 heavy (non-hydrogen) atoms. The van der Waals surface area contributed by atoms with Crippen LogP contribution in [0.5, 0.6) is 0 Å². The number of carbonyl (C=O) groups excluding carboxylic acids is 1. The first-order chi connectivity index (χ1) is 9.66. The van der Waals surface area contributed by atoms with E-state index in [0.29, 0.717) is 5.91 Å². The summed E-state index contributed by atoms with van der Waals surface area (Å²) in [6, 6.07) is 8.91. The predicted molar refractivity (Wildman–Crippen MR) is 80.2 cm³/mol. The second-order valence-electron chi connectivity index (χ2n) is 6.28. The van der Waals surface area contributed by atoms with Crippen LogP contribution in [-0.4, -0.2) is 23.4 Å². The highest BCUT2D eigenvalue weighted by molar-refractivity contribution is 5.80. The summed E-state index contributed by atoms with van der Waals surface area (Å²) in [4.78, 5) is 14.9. The van der Waals surface area contributed by atoms with E-state index in [1.807, 2.05) is 0 Å². The molecule has 1 saturated carbocycles. The minimum Gasteiger partial charge on any atom is -0.335 e. The largest absolute Gasteiger partial charge is 0.335 e. The third-order valence-electron chi connectivity index (χ3n) is 4.94. The number of rotatable bonds is 1. The van der Waals surface area contributed by atoms with Gasteiger partial charge in [0.25, 0.3) is 0 Å². The summed E-state index contributed by atoms with van der Waals surface area (Å²) in [5, 5.41) is 0. The predicted octanol–water partition coefficient (Wildman–Crippen LogP) is 2.65. The smallest absolute Gasteiger partial charge is 0.226 e. The minimum atomic E-state index is 0.145. The van der Waals surface area contributed by atoms with Crippen molar-refractivity contribution in [2.75, 3.05) is 6.54 Å². The van der Waals surface area contributed by atoms with Crippen LogP contribution in [0.4, 0.5) is 0 Å². The average molecular weight is 272 g/mol. The van der Waals surface area contributed by atoms with Crippen molar-refractivity contribution in [2.24, 2.45) is 11.7 Å². The Morgan fingerprint density at radius 3 is 2.90 bits per heavy atom. The first kappa shape index (κ1) is 13.6. The van der Waals surface area contributed by atoms with Gasteiger partial charge in [0.15, 0.2) is 0 Å². The molecule has 0 saturated heterocycles. The second-order valence-corrected chi connectivity index (χ2v) is 6.28. The van der Waals surface area contributed by atoms with Gasteiger partial charge in [-0.2, -0.15) is 0 Å². The maximum atomic E-state index is 12.8. The van der Waals surface area contributed by atoms with Crippen molar-refractivity contribution < 1.29 is 4.79 Å². The third-order valence-corrected chi connectivity index (χ3v) is 4.94. The van der Waals surface area contributed by atoms with E-state index >= 15 is 0 Å². The molecule has 0 bridgehead atoms. The van der Waals surface area contributed by atoms with Crippen molar-refractivity contribution >= 4 is 5.91 Å². The van der Waals surface area contributed by atoms with E-state index in [2.05, 4.69) is 36.1 Å². The molecule has 3 heteroatoms. The summed E-state index contributed by atoms with van der Waals surface area (Å²) < 4.78 is 0. The van der Waals surface area contributed by atoms with Gasteiger partial charge >= 0.3 is 0 Å². The van der Waals surface area contributed by atoms with Gasteiger partial charge in [0, 0.05) is 18.5 Å². The maximum absolute atomic E-state index is 12.8. The molecule has 0 radical (unpaired) electrons. The van der Waals surface area contributed by atoms with Crippen LogP contribution in [0.1, 0.15) is 49.8 Å². The number of hydrogen-bond donors (Lipinski definition) is 1. The summed E-state index contributed by atoms with van der Waals surface area (Å²) in [6.07, 6.45) is 5.02. The van der Waals surface area contributed by atoms with Gasteiger partial charge in [-0.05, 0) is 43.7 Å². The number of fused-ring (bicyclic) bond motifs is 1. The number of carbonyl (C=O) groups is 1. The van der Waals surface area contributed by atoms with Crippen LogP contribution in [0, 0.1) is 5.92 Å². The Balaban J connectivity index is 1.76. The standard InChI is InChI=1S/C17H24N2O/c1-12-16-8-3-2-5-13(16)9-10-19(12)17(20)14-6-4-7-15(18)11-14/h2-3,5,8,12,14-15H,4,6-7,9-11,18H2,1H3/t12-,14-,15-/m1/s1. The van der Waals surface area contributed by atoms with Crippen LogP contribution in [0.3, 0.4) is 0 Å². The molecule has 3 atom stereocenters. The molecule has 0 spiro atoms. The maximum Gasteiger partial charge on any atom is 0.226 e. The van der Waals surface area contributed by atoms with E-state index < -0.39 is 0 Å². The minimum absolute atomic E-state index is 0.145. The molecule has 2 aliphatic rings. The molecule has 1 aliphatic carbocycles. The van der Waals surface area contributed by atoms with Crippen molar-refractivity contribution in [1.29, 1.82) is 0 Å². The van der Waals surface area contributed by atoms with Gasteiger partial charge < -0.3 is 10.6 Å². The molecule has 108 valence electrons. The molecule has 1 amide bonds. The molecule has 0 aromatic heterocycles. The highest BCUT2D eigenvalue weighted by Gasteiger charge is 2.33. The highest BCUT2D eigenvalue weighted by atomic mass is 16.2. The van der Waals surface area contributed by atoms with Crippen LogP contribution < -0.4 is 5.73 Å². The fourth-order valence-corrected chi connectivity index (χ4v) is 3.76. The number of nitrogens with zero attached hydrogens (tertiary/aromatic N) is 1. The van der Waals surface area contributed by atoms with Crippen molar-refractivity contribution in [2.45, 2.75) is 51.1 Å². The van der Waals surface area contributed by atoms with Gasteiger partial charge in [-0.3, -0.25) is 4.79 Å². The summed E-state index contributed by atoms with van der Waals surface area (Å²) in [7, 11) is 0. The SMILES string of the molecule is C[C@@H]1c2ccccc2CCN1C(=O)[C@@H]1CCC[C@@H](N)C1. The van der Waals surface area contributed by atoms with Crippen molar-refractivity contribution in [3.05, 3.63) is 35.4 Å². The molecular weight excluding hydrogens is 248 g/mol. The molecule has 1 aromatic rings. The Bertz CT molecular complexity index is 500. The average Bonchev–Trinajstić information content (AvgIpc) is 2.47. The summed E-state index contributed by atoms with van der Waals surface area (Å²) in [5.41, 5.74) is 8.74. The zero-order valence-electron chi connectivity index (χ0n) is 12.2. The lowest BCUT2D eigenvalue weighted by atomic mass is 9.84. The zero-order valence-corrected chi connectivity index (χ0v) is 12.2. The lowest BCUT2D eigenvalue weighted by molar-refractivity contribution is -0.139. The molecule has 1 heterocycles. The van der Waals surface area contributed by atoms with E-state index in [-0.39, 0.29) is 18.0 Å². The van der Waals surface area contributed by atoms with Crippen molar-refractivity contribution in [3.8, 4) is 0 Å². The quantitative estimate of drug-likeness (QED) is 0.854. The summed E-state index contributed by atoms with van der Waals surface area (Å²) in [6.45, 7) is 3.00. The monoisotopic (exact) mass is 272 g/mol. The molecular formula is C17H24N2O. The first-order valence-corrected chi connectivity index (χ1v) is 7.80. The van der Waals surface area contributed by atoms with Crippen LogP contribution >= 0.6 is 0 Å². The van der Waals surface area contributed by atoms with E-state index in [1.165, 1.54) is 11.1 Å². The Morgan fingerprint density at radius 1 is 1.30 bits per heavy atom. The van der Waals surface area contributed by atoms with Crippen LogP contribution in [0.2, 0.25) is 0 Å². The van der Waals surface area contributed by atoms with Crippen LogP contribution in [0.15, 0.2) is 24.3 Å². The molecule has 1 aromatic carbocycles. The lowest BCUT2D eigenvalue weighted by Gasteiger charge is -2.38. The molecule has 1 aliphatic heterocycles. The van der Waals surface area contributed by atoms with Gasteiger partial charge in [-0.15, -0.1) is 0 Å². The van der Waals surface area contributed by atoms with E-state index in [4.69, 9.17) is 5.73 Å². The van der Waals surface area contributed by atoms with Gasteiger partial charge in [-0.25, -0.2) is 0 Å². The van der Waals surface area contributed by atoms with Crippen LogP contribution in [0.25, 0.3) is 0 Å².